The summed E-state index contributed by atoms with van der Waals surface area (Å²) in [5.41, 5.74) is 0. The standard InChI is InChI=1S/C9H17NO2/c11-8-4-6-2-1-3-7(10-6)5-9(8)12/h6-12H,1-5H2/t6-,7+,8-,9-/m1/s1. The van der Waals surface area contributed by atoms with Crippen molar-refractivity contribution in [3.8, 4) is 0 Å². The molecule has 3 N–H and O–H groups in total. The Morgan fingerprint density at radius 2 is 1.42 bits per heavy atom. The van der Waals surface area contributed by atoms with E-state index in [1.165, 1.54) is 6.42 Å². The van der Waals surface area contributed by atoms with Gasteiger partial charge in [-0.25, -0.2) is 0 Å². The van der Waals surface area contributed by atoms with Crippen molar-refractivity contribution in [1.29, 1.82) is 0 Å². The molecule has 0 spiro atoms. The minimum atomic E-state index is -0.509. The van der Waals surface area contributed by atoms with Crippen molar-refractivity contribution in [2.75, 3.05) is 0 Å². The zero-order chi connectivity index (χ0) is 8.55. The van der Waals surface area contributed by atoms with E-state index in [-0.39, 0.29) is 0 Å². The number of hydrogen-bond donors (Lipinski definition) is 3. The zero-order valence-corrected chi connectivity index (χ0v) is 7.24. The molecule has 0 aromatic heterocycles. The Morgan fingerprint density at radius 3 is 1.92 bits per heavy atom. The third-order valence-electron chi connectivity index (χ3n) is 3.07. The van der Waals surface area contributed by atoms with Crippen molar-refractivity contribution < 1.29 is 10.2 Å². The van der Waals surface area contributed by atoms with Crippen molar-refractivity contribution >= 4 is 0 Å². The highest BCUT2D eigenvalue weighted by Crippen LogP contribution is 2.24. The van der Waals surface area contributed by atoms with E-state index >= 15 is 0 Å². The molecule has 2 aliphatic heterocycles. The van der Waals surface area contributed by atoms with Gasteiger partial charge in [-0.2, -0.15) is 0 Å². The number of piperidine rings is 1. The second kappa shape index (κ2) is 3.32. The van der Waals surface area contributed by atoms with E-state index in [1.807, 2.05) is 0 Å². The topological polar surface area (TPSA) is 52.5 Å². The molecular weight excluding hydrogens is 154 g/mol. The van der Waals surface area contributed by atoms with Crippen LogP contribution in [0.1, 0.15) is 32.1 Å². The lowest BCUT2D eigenvalue weighted by molar-refractivity contribution is 0.0132. The summed E-state index contributed by atoms with van der Waals surface area (Å²) in [6, 6.07) is 0.881. The Hall–Kier alpha value is -0.120. The van der Waals surface area contributed by atoms with E-state index in [2.05, 4.69) is 5.32 Å². The highest BCUT2D eigenvalue weighted by Gasteiger charge is 2.32. The molecule has 3 heteroatoms. The van der Waals surface area contributed by atoms with Crippen LogP contribution in [0.2, 0.25) is 0 Å². The first-order valence-corrected chi connectivity index (χ1v) is 4.88. The Bertz CT molecular complexity index is 147. The summed E-state index contributed by atoms with van der Waals surface area (Å²) < 4.78 is 0. The van der Waals surface area contributed by atoms with Crippen molar-refractivity contribution in [2.45, 2.75) is 56.4 Å². The van der Waals surface area contributed by atoms with Gasteiger partial charge in [-0.3, -0.25) is 0 Å². The largest absolute Gasteiger partial charge is 0.390 e. The molecular formula is C9H17NO2. The van der Waals surface area contributed by atoms with Crippen LogP contribution >= 0.6 is 0 Å². The molecule has 0 aliphatic carbocycles. The molecule has 0 saturated carbocycles. The maximum absolute atomic E-state index is 9.51. The van der Waals surface area contributed by atoms with Gasteiger partial charge in [0.25, 0.3) is 0 Å². The van der Waals surface area contributed by atoms with Crippen LogP contribution in [0.5, 0.6) is 0 Å². The van der Waals surface area contributed by atoms with E-state index in [4.69, 9.17) is 0 Å². The van der Waals surface area contributed by atoms with E-state index in [0.717, 1.165) is 25.7 Å². The SMILES string of the molecule is O[C@@H]1C[C@H]2CCC[C@@H](C[C@H]1O)N2. The van der Waals surface area contributed by atoms with Crippen molar-refractivity contribution in [3.63, 3.8) is 0 Å². The summed E-state index contributed by atoms with van der Waals surface area (Å²) in [5.74, 6) is 0. The Labute approximate surface area is 72.8 Å². The highest BCUT2D eigenvalue weighted by atomic mass is 16.3. The van der Waals surface area contributed by atoms with Gasteiger partial charge in [0, 0.05) is 12.1 Å². The van der Waals surface area contributed by atoms with Gasteiger partial charge in [-0.05, 0) is 25.7 Å². The maximum atomic E-state index is 9.51. The Morgan fingerprint density at radius 1 is 0.917 bits per heavy atom. The lowest BCUT2D eigenvalue weighted by atomic mass is 9.98. The molecule has 2 aliphatic rings. The zero-order valence-electron chi connectivity index (χ0n) is 7.24. The van der Waals surface area contributed by atoms with Crippen LogP contribution in [0.15, 0.2) is 0 Å². The van der Waals surface area contributed by atoms with E-state index in [1.54, 1.807) is 0 Å². The van der Waals surface area contributed by atoms with Gasteiger partial charge < -0.3 is 15.5 Å². The fourth-order valence-electron chi connectivity index (χ4n) is 2.38. The fourth-order valence-corrected chi connectivity index (χ4v) is 2.38. The van der Waals surface area contributed by atoms with Gasteiger partial charge in [-0.15, -0.1) is 0 Å². The Balaban J connectivity index is 2.04. The van der Waals surface area contributed by atoms with Gasteiger partial charge in [0.2, 0.25) is 0 Å². The highest BCUT2D eigenvalue weighted by molar-refractivity contribution is 4.90. The number of fused-ring (bicyclic) bond motifs is 2. The predicted octanol–water partition coefficient (Wildman–Crippen LogP) is 0.0127. The van der Waals surface area contributed by atoms with Crippen LogP contribution in [0.3, 0.4) is 0 Å². The van der Waals surface area contributed by atoms with Gasteiger partial charge >= 0.3 is 0 Å². The summed E-state index contributed by atoms with van der Waals surface area (Å²) >= 11 is 0. The summed E-state index contributed by atoms with van der Waals surface area (Å²) in [4.78, 5) is 0. The summed E-state index contributed by atoms with van der Waals surface area (Å²) in [7, 11) is 0. The van der Waals surface area contributed by atoms with Crippen LogP contribution in [-0.2, 0) is 0 Å². The first-order chi connectivity index (χ1) is 5.75. The van der Waals surface area contributed by atoms with Gasteiger partial charge in [-0.1, -0.05) is 6.42 Å². The molecule has 0 aromatic carbocycles. The normalized spacial score (nSPS) is 48.5. The van der Waals surface area contributed by atoms with Gasteiger partial charge in [0.15, 0.2) is 0 Å². The Kier molecular flexibility index (Phi) is 2.35. The number of hydrogen-bond acceptors (Lipinski definition) is 3. The van der Waals surface area contributed by atoms with Crippen molar-refractivity contribution in [2.24, 2.45) is 0 Å². The van der Waals surface area contributed by atoms with E-state index in [0.29, 0.717) is 12.1 Å². The summed E-state index contributed by atoms with van der Waals surface area (Å²) in [6.07, 6.45) is 3.97. The second-order valence-corrected chi connectivity index (χ2v) is 4.10. The quantitative estimate of drug-likeness (QED) is 0.481. The molecule has 70 valence electrons. The van der Waals surface area contributed by atoms with E-state index < -0.39 is 12.2 Å². The van der Waals surface area contributed by atoms with Crippen LogP contribution in [-0.4, -0.2) is 34.5 Å². The molecule has 12 heavy (non-hydrogen) atoms. The molecule has 2 saturated heterocycles. The third kappa shape index (κ3) is 1.63. The minimum Gasteiger partial charge on any atom is -0.390 e. The molecule has 0 aromatic rings. The molecule has 0 amide bonds. The monoisotopic (exact) mass is 171 g/mol. The average molecular weight is 171 g/mol. The molecule has 2 bridgehead atoms. The first kappa shape index (κ1) is 8.48. The number of nitrogens with one attached hydrogen (secondary N) is 1. The van der Waals surface area contributed by atoms with Crippen LogP contribution < -0.4 is 5.32 Å². The third-order valence-corrected chi connectivity index (χ3v) is 3.07. The average Bonchev–Trinajstić information content (AvgIpc) is 2.11. The molecule has 0 unspecified atom stereocenters. The maximum Gasteiger partial charge on any atom is 0.0814 e. The summed E-state index contributed by atoms with van der Waals surface area (Å²) in [6.45, 7) is 0. The number of rotatable bonds is 0. The van der Waals surface area contributed by atoms with Gasteiger partial charge in [0.05, 0.1) is 12.2 Å². The lowest BCUT2D eigenvalue weighted by Gasteiger charge is -2.28. The lowest BCUT2D eigenvalue weighted by Crippen LogP contribution is -2.41. The second-order valence-electron chi connectivity index (χ2n) is 4.10. The smallest absolute Gasteiger partial charge is 0.0814 e. The number of aliphatic hydroxyl groups is 2. The molecule has 0 radical (unpaired) electrons. The first-order valence-electron chi connectivity index (χ1n) is 4.88. The fraction of sp³-hybridized carbons (Fsp3) is 1.00. The van der Waals surface area contributed by atoms with Crippen molar-refractivity contribution in [1.82, 2.24) is 5.32 Å². The van der Waals surface area contributed by atoms with Crippen LogP contribution in [0, 0.1) is 0 Å². The predicted molar refractivity (Wildman–Crippen MR) is 45.8 cm³/mol. The molecule has 4 atom stereocenters. The van der Waals surface area contributed by atoms with Crippen LogP contribution in [0.25, 0.3) is 0 Å². The van der Waals surface area contributed by atoms with Gasteiger partial charge in [0.1, 0.15) is 0 Å². The van der Waals surface area contributed by atoms with Crippen molar-refractivity contribution in [3.05, 3.63) is 0 Å². The number of aliphatic hydroxyl groups excluding tert-OH is 2. The molecule has 3 nitrogen and oxygen atoms in total. The van der Waals surface area contributed by atoms with Crippen LogP contribution in [0.4, 0.5) is 0 Å². The molecule has 2 fully saturated rings. The van der Waals surface area contributed by atoms with E-state index in [9.17, 15) is 10.2 Å². The summed E-state index contributed by atoms with van der Waals surface area (Å²) in [5, 5.41) is 22.5. The molecule has 2 heterocycles. The minimum absolute atomic E-state index is 0.441. The molecule has 2 rings (SSSR count).